The molecule has 0 radical (unpaired) electrons. The molecule has 0 unspecified atom stereocenters. The van der Waals surface area contributed by atoms with Crippen molar-refractivity contribution < 1.29 is 9.53 Å². The molecule has 0 spiro atoms. The van der Waals surface area contributed by atoms with Crippen LogP contribution in [-0.4, -0.2) is 19.2 Å². The number of hydrogen-bond donors (Lipinski definition) is 3. The minimum Gasteiger partial charge on any atom is -0.492 e. The molecule has 5 heteroatoms. The quantitative estimate of drug-likeness (QED) is 0.584. The number of carbonyl (C=O) groups is 1. The molecule has 5 nitrogen and oxygen atoms in total. The Labute approximate surface area is 124 Å². The second-order valence-corrected chi connectivity index (χ2v) is 4.63. The zero-order chi connectivity index (χ0) is 15.1. The van der Waals surface area contributed by atoms with Crippen LogP contribution in [0.15, 0.2) is 48.5 Å². The highest BCUT2D eigenvalue weighted by Gasteiger charge is 2.04. The van der Waals surface area contributed by atoms with Gasteiger partial charge >= 0.3 is 6.03 Å². The Morgan fingerprint density at radius 2 is 1.95 bits per heavy atom. The number of hydrogen-bond acceptors (Lipinski definition) is 3. The summed E-state index contributed by atoms with van der Waals surface area (Å²) in [5.74, 6) is 0.780. The summed E-state index contributed by atoms with van der Waals surface area (Å²) in [5.41, 5.74) is 8.03. The van der Waals surface area contributed by atoms with E-state index in [0.29, 0.717) is 24.5 Å². The number of ether oxygens (including phenoxy) is 1. The lowest BCUT2D eigenvalue weighted by Crippen LogP contribution is -2.32. The van der Waals surface area contributed by atoms with Crippen molar-refractivity contribution in [3.63, 3.8) is 0 Å². The normalized spacial score (nSPS) is 9.95. The number of nitrogen functional groups attached to an aromatic ring is 1. The van der Waals surface area contributed by atoms with Crippen LogP contribution in [-0.2, 0) is 0 Å². The van der Waals surface area contributed by atoms with Gasteiger partial charge in [-0.2, -0.15) is 0 Å². The van der Waals surface area contributed by atoms with Crippen LogP contribution in [0.2, 0.25) is 0 Å². The highest BCUT2D eigenvalue weighted by Crippen LogP contribution is 2.18. The molecule has 0 aliphatic rings. The van der Waals surface area contributed by atoms with E-state index in [0.717, 1.165) is 11.3 Å². The molecule has 0 fully saturated rings. The van der Waals surface area contributed by atoms with Gasteiger partial charge in [-0.25, -0.2) is 4.79 Å². The minimum absolute atomic E-state index is 0.304. The third-order valence-corrected chi connectivity index (χ3v) is 2.85. The number of amides is 2. The molecular weight excluding hydrogens is 266 g/mol. The van der Waals surface area contributed by atoms with Gasteiger partial charge in [-0.15, -0.1) is 0 Å². The second kappa shape index (κ2) is 7.19. The van der Waals surface area contributed by atoms with E-state index in [-0.39, 0.29) is 6.03 Å². The van der Waals surface area contributed by atoms with Gasteiger partial charge in [-0.1, -0.05) is 24.3 Å². The zero-order valence-corrected chi connectivity index (χ0v) is 11.9. The van der Waals surface area contributed by atoms with Gasteiger partial charge in [0, 0.05) is 0 Å². The monoisotopic (exact) mass is 285 g/mol. The Balaban J connectivity index is 1.72. The molecule has 0 aliphatic carbocycles. The molecule has 21 heavy (non-hydrogen) atoms. The predicted molar refractivity (Wildman–Crippen MR) is 84.5 cm³/mol. The number of carbonyl (C=O) groups excluding carboxylic acids is 1. The summed E-state index contributed by atoms with van der Waals surface area (Å²) < 4.78 is 5.48. The Morgan fingerprint density at radius 3 is 2.67 bits per heavy atom. The zero-order valence-electron chi connectivity index (χ0n) is 11.9. The smallest absolute Gasteiger partial charge is 0.319 e. The number of para-hydroxylation sites is 1. The number of benzene rings is 2. The lowest BCUT2D eigenvalue weighted by atomic mass is 10.2. The first-order valence-electron chi connectivity index (χ1n) is 6.74. The molecule has 2 rings (SSSR count). The van der Waals surface area contributed by atoms with Gasteiger partial charge in [0.1, 0.15) is 12.4 Å². The van der Waals surface area contributed by atoms with Crippen molar-refractivity contribution in [3.05, 3.63) is 54.1 Å². The predicted octanol–water partition coefficient (Wildman–Crippen LogP) is 2.78. The van der Waals surface area contributed by atoms with Crippen LogP contribution < -0.4 is 21.1 Å². The first-order chi connectivity index (χ1) is 10.1. The Morgan fingerprint density at radius 1 is 1.19 bits per heavy atom. The highest BCUT2D eigenvalue weighted by molar-refractivity contribution is 5.92. The van der Waals surface area contributed by atoms with Crippen LogP contribution in [0.3, 0.4) is 0 Å². The first-order valence-corrected chi connectivity index (χ1v) is 6.74. The van der Waals surface area contributed by atoms with E-state index in [1.54, 1.807) is 6.07 Å². The Kier molecular flexibility index (Phi) is 5.04. The van der Waals surface area contributed by atoms with E-state index in [1.165, 1.54) is 0 Å². The van der Waals surface area contributed by atoms with Crippen molar-refractivity contribution in [2.75, 3.05) is 24.2 Å². The van der Waals surface area contributed by atoms with Gasteiger partial charge in [-0.05, 0) is 36.8 Å². The van der Waals surface area contributed by atoms with Gasteiger partial charge < -0.3 is 21.1 Å². The van der Waals surface area contributed by atoms with Crippen molar-refractivity contribution in [1.29, 1.82) is 0 Å². The van der Waals surface area contributed by atoms with Crippen LogP contribution in [0.5, 0.6) is 5.75 Å². The molecule has 0 atom stereocenters. The fourth-order valence-corrected chi connectivity index (χ4v) is 1.81. The molecule has 0 aliphatic heterocycles. The van der Waals surface area contributed by atoms with Crippen molar-refractivity contribution in [1.82, 2.24) is 5.32 Å². The SMILES string of the molecule is Cc1ccc(NC(=O)NCCOc2ccccc2)c(N)c1. The average Bonchev–Trinajstić information content (AvgIpc) is 2.48. The number of aryl methyl sites for hydroxylation is 1. The molecule has 4 N–H and O–H groups in total. The average molecular weight is 285 g/mol. The van der Waals surface area contributed by atoms with Crippen LogP contribution >= 0.6 is 0 Å². The van der Waals surface area contributed by atoms with E-state index < -0.39 is 0 Å². The van der Waals surface area contributed by atoms with E-state index in [4.69, 9.17) is 10.5 Å². The van der Waals surface area contributed by atoms with Crippen LogP contribution in [0.1, 0.15) is 5.56 Å². The third-order valence-electron chi connectivity index (χ3n) is 2.85. The second-order valence-electron chi connectivity index (χ2n) is 4.63. The lowest BCUT2D eigenvalue weighted by molar-refractivity contribution is 0.247. The molecular formula is C16H19N3O2. The van der Waals surface area contributed by atoms with Crippen molar-refractivity contribution >= 4 is 17.4 Å². The summed E-state index contributed by atoms with van der Waals surface area (Å²) in [5, 5.41) is 5.42. The van der Waals surface area contributed by atoms with Crippen LogP contribution in [0, 0.1) is 6.92 Å². The summed E-state index contributed by atoms with van der Waals surface area (Å²) in [6.45, 7) is 2.76. The fraction of sp³-hybridized carbons (Fsp3) is 0.188. The Bertz CT molecular complexity index is 600. The molecule has 0 bridgehead atoms. The van der Waals surface area contributed by atoms with E-state index in [2.05, 4.69) is 10.6 Å². The molecule has 2 aromatic rings. The molecule has 0 saturated heterocycles. The highest BCUT2D eigenvalue weighted by atomic mass is 16.5. The number of anilines is 2. The van der Waals surface area contributed by atoms with Gasteiger partial charge in [-0.3, -0.25) is 0 Å². The fourth-order valence-electron chi connectivity index (χ4n) is 1.81. The van der Waals surface area contributed by atoms with Gasteiger partial charge in [0.25, 0.3) is 0 Å². The summed E-state index contributed by atoms with van der Waals surface area (Å²) >= 11 is 0. The summed E-state index contributed by atoms with van der Waals surface area (Å²) in [4.78, 5) is 11.7. The van der Waals surface area contributed by atoms with Crippen LogP contribution in [0.4, 0.5) is 16.2 Å². The van der Waals surface area contributed by atoms with Crippen LogP contribution in [0.25, 0.3) is 0 Å². The molecule has 0 aromatic heterocycles. The van der Waals surface area contributed by atoms with Gasteiger partial charge in [0.05, 0.1) is 17.9 Å². The number of nitrogens with one attached hydrogen (secondary N) is 2. The van der Waals surface area contributed by atoms with E-state index >= 15 is 0 Å². The molecule has 2 amide bonds. The molecule has 0 heterocycles. The summed E-state index contributed by atoms with van der Waals surface area (Å²) in [7, 11) is 0. The van der Waals surface area contributed by atoms with E-state index in [1.807, 2.05) is 49.4 Å². The largest absolute Gasteiger partial charge is 0.492 e. The molecule has 2 aromatic carbocycles. The third kappa shape index (κ3) is 4.72. The number of rotatable bonds is 5. The minimum atomic E-state index is -0.304. The van der Waals surface area contributed by atoms with Gasteiger partial charge in [0.15, 0.2) is 0 Å². The molecule has 0 saturated carbocycles. The maximum absolute atomic E-state index is 11.7. The van der Waals surface area contributed by atoms with Crippen molar-refractivity contribution in [2.24, 2.45) is 0 Å². The van der Waals surface area contributed by atoms with Crippen molar-refractivity contribution in [3.8, 4) is 5.75 Å². The standard InChI is InChI=1S/C16H19N3O2/c1-12-7-8-15(14(17)11-12)19-16(20)18-9-10-21-13-5-3-2-4-6-13/h2-8,11H,9-10,17H2,1H3,(H2,18,19,20). The maximum atomic E-state index is 11.7. The Hall–Kier alpha value is -2.69. The number of nitrogens with two attached hydrogens (primary N) is 1. The summed E-state index contributed by atoms with van der Waals surface area (Å²) in [6.07, 6.45) is 0. The summed E-state index contributed by atoms with van der Waals surface area (Å²) in [6, 6.07) is 14.6. The van der Waals surface area contributed by atoms with Crippen molar-refractivity contribution in [2.45, 2.75) is 6.92 Å². The topological polar surface area (TPSA) is 76.4 Å². The maximum Gasteiger partial charge on any atom is 0.319 e. The van der Waals surface area contributed by atoms with Gasteiger partial charge in [0.2, 0.25) is 0 Å². The lowest BCUT2D eigenvalue weighted by Gasteiger charge is -2.11. The number of urea groups is 1. The molecule has 110 valence electrons. The van der Waals surface area contributed by atoms with E-state index in [9.17, 15) is 4.79 Å². The first kappa shape index (κ1) is 14.7.